The van der Waals surface area contributed by atoms with Crippen molar-refractivity contribution in [3.05, 3.63) is 21.8 Å². The normalized spacial score (nSPS) is 11.5. The third-order valence-electron chi connectivity index (χ3n) is 3.30. The Balaban J connectivity index is 3.38. The first kappa shape index (κ1) is 25.2. The van der Waals surface area contributed by atoms with Gasteiger partial charge in [-0.1, -0.05) is 0 Å². The molecule has 0 saturated carbocycles. The molecule has 28 heavy (non-hydrogen) atoms. The van der Waals surface area contributed by atoms with Crippen molar-refractivity contribution >= 4 is 97.2 Å². The summed E-state index contributed by atoms with van der Waals surface area (Å²) in [6.45, 7) is -0.620. The van der Waals surface area contributed by atoms with Crippen LogP contribution in [0.5, 0.6) is 0 Å². The van der Waals surface area contributed by atoms with Gasteiger partial charge in [0.1, 0.15) is 12.7 Å². The van der Waals surface area contributed by atoms with Crippen LogP contribution < -0.4 is 16.0 Å². The van der Waals surface area contributed by atoms with Crippen molar-refractivity contribution in [2.45, 2.75) is 6.10 Å². The fourth-order valence-electron chi connectivity index (χ4n) is 2.00. The number of likely N-dealkylation sites (N-methyl/N-ethyl adjacent to an activating group) is 1. The summed E-state index contributed by atoms with van der Waals surface area (Å²) < 4.78 is 5.48. The van der Waals surface area contributed by atoms with Crippen molar-refractivity contribution in [1.82, 2.24) is 10.6 Å². The van der Waals surface area contributed by atoms with Crippen LogP contribution >= 0.6 is 67.8 Å². The minimum absolute atomic E-state index is 0.0100. The highest BCUT2D eigenvalue weighted by Gasteiger charge is 2.28. The standard InChI is InChI=1S/C15H16I3N3O7/c1-19-13(24)5(22)3-20-14(25)7-9(16)8(15(26)27)11(18)12(10(7)17)21-6(23)4-28-2/h5,22H,3-4H2,1-2H3,(H,19,24)(H,20,25)(H,21,23)(H,26,27). The number of aliphatic hydroxyl groups is 1. The van der Waals surface area contributed by atoms with E-state index in [2.05, 4.69) is 16.0 Å². The summed E-state index contributed by atoms with van der Waals surface area (Å²) in [4.78, 5) is 47.7. The third-order valence-corrected chi connectivity index (χ3v) is 6.54. The number of amides is 3. The molecule has 10 nitrogen and oxygen atoms in total. The van der Waals surface area contributed by atoms with E-state index >= 15 is 0 Å². The van der Waals surface area contributed by atoms with Gasteiger partial charge in [-0.2, -0.15) is 0 Å². The maximum Gasteiger partial charge on any atom is 0.337 e. The number of carboxylic acids is 1. The van der Waals surface area contributed by atoms with Gasteiger partial charge in [-0.3, -0.25) is 14.4 Å². The van der Waals surface area contributed by atoms with Gasteiger partial charge < -0.3 is 30.9 Å². The van der Waals surface area contributed by atoms with E-state index in [0.29, 0.717) is 3.57 Å². The Morgan fingerprint density at radius 1 is 1.07 bits per heavy atom. The minimum Gasteiger partial charge on any atom is -0.478 e. The fraction of sp³-hybridized carbons (Fsp3) is 0.333. The van der Waals surface area contributed by atoms with E-state index < -0.39 is 29.8 Å². The van der Waals surface area contributed by atoms with Gasteiger partial charge in [0.2, 0.25) is 11.8 Å². The van der Waals surface area contributed by atoms with Gasteiger partial charge in [0.25, 0.3) is 5.91 Å². The second kappa shape index (κ2) is 11.4. The highest BCUT2D eigenvalue weighted by molar-refractivity contribution is 14.1. The molecule has 0 aliphatic carbocycles. The summed E-state index contributed by atoms with van der Waals surface area (Å²) in [6.07, 6.45) is -1.46. The Bertz CT molecular complexity index is 817. The molecule has 0 aliphatic heterocycles. The second-order valence-corrected chi connectivity index (χ2v) is 8.43. The van der Waals surface area contributed by atoms with E-state index in [4.69, 9.17) is 4.74 Å². The Morgan fingerprint density at radius 2 is 1.64 bits per heavy atom. The molecule has 0 aromatic heterocycles. The van der Waals surface area contributed by atoms with Crippen molar-refractivity contribution in [1.29, 1.82) is 0 Å². The van der Waals surface area contributed by atoms with Gasteiger partial charge in [-0.25, -0.2) is 4.79 Å². The van der Waals surface area contributed by atoms with Crippen LogP contribution in [-0.2, 0) is 14.3 Å². The van der Waals surface area contributed by atoms with Gasteiger partial charge >= 0.3 is 5.97 Å². The van der Waals surface area contributed by atoms with Gasteiger partial charge in [-0.05, 0) is 67.8 Å². The molecule has 0 fully saturated rings. The largest absolute Gasteiger partial charge is 0.478 e. The number of carbonyl (C=O) groups is 4. The van der Waals surface area contributed by atoms with E-state index in [1.165, 1.54) is 14.2 Å². The second-order valence-electron chi connectivity index (χ2n) is 5.19. The number of carboxylic acid groups (broad SMARTS) is 1. The van der Waals surface area contributed by atoms with Crippen LogP contribution in [0.3, 0.4) is 0 Å². The zero-order valence-corrected chi connectivity index (χ0v) is 21.0. The van der Waals surface area contributed by atoms with Crippen LogP contribution in [0.2, 0.25) is 0 Å². The lowest BCUT2D eigenvalue weighted by Gasteiger charge is -2.18. The number of hydrogen-bond acceptors (Lipinski definition) is 6. The molecular formula is C15H16I3N3O7. The monoisotopic (exact) mass is 731 g/mol. The quantitative estimate of drug-likeness (QED) is 0.246. The summed E-state index contributed by atoms with van der Waals surface area (Å²) in [5.41, 5.74) is 0.0280. The van der Waals surface area contributed by atoms with E-state index in [1.54, 1.807) is 45.2 Å². The average Bonchev–Trinajstić information content (AvgIpc) is 2.62. The molecule has 0 saturated heterocycles. The van der Waals surface area contributed by atoms with Gasteiger partial charge in [0.05, 0.1) is 30.5 Å². The maximum absolute atomic E-state index is 12.7. The zero-order valence-electron chi connectivity index (χ0n) is 14.6. The number of halogens is 3. The summed E-state index contributed by atoms with van der Waals surface area (Å²) >= 11 is 5.35. The number of hydrogen-bond donors (Lipinski definition) is 5. The molecule has 13 heteroatoms. The van der Waals surface area contributed by atoms with E-state index in [9.17, 15) is 29.4 Å². The molecular weight excluding hydrogens is 715 g/mol. The highest BCUT2D eigenvalue weighted by atomic mass is 127. The van der Waals surface area contributed by atoms with Crippen LogP contribution in [0.4, 0.5) is 5.69 Å². The lowest BCUT2D eigenvalue weighted by Crippen LogP contribution is -2.41. The molecule has 0 aliphatic rings. The Hall–Kier alpha value is -0.790. The molecule has 1 aromatic carbocycles. The summed E-state index contributed by atoms with van der Waals surface area (Å²) in [5.74, 6) is -3.16. The van der Waals surface area contributed by atoms with E-state index in [-0.39, 0.29) is 37.1 Å². The molecule has 0 radical (unpaired) electrons. The minimum atomic E-state index is -1.46. The third kappa shape index (κ3) is 6.10. The van der Waals surface area contributed by atoms with E-state index in [1.807, 2.05) is 22.6 Å². The molecule has 0 bridgehead atoms. The smallest absolute Gasteiger partial charge is 0.337 e. The topological polar surface area (TPSA) is 154 Å². The summed E-state index contributed by atoms with van der Waals surface area (Å²) in [5, 5.41) is 26.4. The Morgan fingerprint density at radius 3 is 2.14 bits per heavy atom. The number of rotatable bonds is 8. The van der Waals surface area contributed by atoms with Crippen LogP contribution in [0.1, 0.15) is 20.7 Å². The lowest BCUT2D eigenvalue weighted by atomic mass is 10.1. The van der Waals surface area contributed by atoms with Crippen molar-refractivity contribution in [2.75, 3.05) is 32.6 Å². The number of nitrogens with one attached hydrogen (secondary N) is 3. The molecule has 3 amide bonds. The zero-order chi connectivity index (χ0) is 21.6. The first-order chi connectivity index (χ1) is 13.1. The first-order valence-corrected chi connectivity index (χ1v) is 10.7. The fourth-order valence-corrected chi connectivity index (χ4v) is 6.39. The molecule has 1 atom stereocenters. The number of anilines is 1. The number of carbonyl (C=O) groups excluding carboxylic acids is 3. The summed E-state index contributed by atoms with van der Waals surface area (Å²) in [6, 6.07) is 0. The van der Waals surface area contributed by atoms with Crippen LogP contribution in [0.25, 0.3) is 0 Å². The number of ether oxygens (including phenoxy) is 1. The van der Waals surface area contributed by atoms with Crippen LogP contribution in [0.15, 0.2) is 0 Å². The first-order valence-electron chi connectivity index (χ1n) is 7.47. The number of aliphatic hydroxyl groups excluding tert-OH is 1. The maximum atomic E-state index is 12.7. The molecule has 1 unspecified atom stereocenters. The molecule has 0 heterocycles. The molecule has 1 aromatic rings. The van der Waals surface area contributed by atoms with Gasteiger partial charge in [0, 0.05) is 17.7 Å². The van der Waals surface area contributed by atoms with Crippen LogP contribution in [-0.4, -0.2) is 67.3 Å². The molecule has 5 N–H and O–H groups in total. The predicted molar refractivity (Wildman–Crippen MR) is 124 cm³/mol. The Labute approximate surface area is 200 Å². The average molecular weight is 731 g/mol. The van der Waals surface area contributed by atoms with Crippen LogP contribution in [0, 0.1) is 10.7 Å². The van der Waals surface area contributed by atoms with Crippen molar-refractivity contribution in [3.8, 4) is 0 Å². The lowest BCUT2D eigenvalue weighted by molar-refractivity contribution is -0.128. The van der Waals surface area contributed by atoms with Crippen molar-refractivity contribution < 1.29 is 34.1 Å². The SMILES string of the molecule is CNC(=O)C(O)CNC(=O)c1c(I)c(NC(=O)COC)c(I)c(C(=O)O)c1I. The molecule has 0 spiro atoms. The van der Waals surface area contributed by atoms with Crippen molar-refractivity contribution in [2.24, 2.45) is 0 Å². The van der Waals surface area contributed by atoms with Crippen molar-refractivity contribution in [3.63, 3.8) is 0 Å². The number of benzene rings is 1. The number of methoxy groups -OCH3 is 1. The number of aromatic carboxylic acids is 1. The van der Waals surface area contributed by atoms with E-state index in [0.717, 1.165) is 0 Å². The van der Waals surface area contributed by atoms with Gasteiger partial charge in [-0.15, -0.1) is 0 Å². The molecule has 154 valence electrons. The highest BCUT2D eigenvalue weighted by Crippen LogP contribution is 2.35. The molecule has 1 rings (SSSR count). The summed E-state index contributed by atoms with van der Waals surface area (Å²) in [7, 11) is 2.68. The van der Waals surface area contributed by atoms with Gasteiger partial charge in [0.15, 0.2) is 0 Å². The Kier molecular flexibility index (Phi) is 10.3. The predicted octanol–water partition coefficient (Wildman–Crippen LogP) is 0.620.